The van der Waals surface area contributed by atoms with Crippen LogP contribution in [0.1, 0.15) is 30.1 Å². The van der Waals surface area contributed by atoms with Gasteiger partial charge >= 0.3 is 0 Å². The molecule has 29 heavy (non-hydrogen) atoms. The monoisotopic (exact) mass is 407 g/mol. The van der Waals surface area contributed by atoms with Crippen LogP contribution in [-0.2, 0) is 17.8 Å². The molecule has 0 atom stereocenters. The van der Waals surface area contributed by atoms with Gasteiger partial charge in [0.25, 0.3) is 0 Å². The molecule has 0 spiro atoms. The van der Waals surface area contributed by atoms with Gasteiger partial charge in [0.1, 0.15) is 5.82 Å². The number of carbonyl (C=O) groups is 1. The molecule has 7 nitrogen and oxygen atoms in total. The van der Waals surface area contributed by atoms with Gasteiger partial charge in [-0.2, -0.15) is 4.98 Å². The summed E-state index contributed by atoms with van der Waals surface area (Å²) in [6.45, 7) is 2.74. The second-order valence-corrected chi connectivity index (χ2v) is 7.64. The van der Waals surface area contributed by atoms with E-state index in [1.807, 2.05) is 54.9 Å². The number of hydrogen-bond donors (Lipinski definition) is 1. The molecule has 0 bridgehead atoms. The minimum atomic E-state index is -0.0267. The van der Waals surface area contributed by atoms with Gasteiger partial charge in [-0.15, -0.1) is 11.3 Å². The fourth-order valence-electron chi connectivity index (χ4n) is 2.95. The van der Waals surface area contributed by atoms with Crippen LogP contribution in [0.2, 0.25) is 0 Å². The third-order valence-corrected chi connectivity index (χ3v) is 5.38. The number of thiophene rings is 1. The topological polar surface area (TPSA) is 85.8 Å². The van der Waals surface area contributed by atoms with Crippen molar-refractivity contribution in [2.75, 3.05) is 5.32 Å². The Morgan fingerprint density at radius 2 is 2.10 bits per heavy atom. The van der Waals surface area contributed by atoms with Crippen LogP contribution in [0.25, 0.3) is 10.7 Å². The average Bonchev–Trinajstić information content (AvgIpc) is 3.46. The number of amides is 1. The van der Waals surface area contributed by atoms with Gasteiger partial charge in [0.05, 0.1) is 4.88 Å². The van der Waals surface area contributed by atoms with Gasteiger partial charge in [-0.25, -0.2) is 4.98 Å². The summed E-state index contributed by atoms with van der Waals surface area (Å²) in [5.41, 5.74) is 1.95. The molecule has 0 radical (unpaired) electrons. The van der Waals surface area contributed by atoms with Gasteiger partial charge in [-0.05, 0) is 42.5 Å². The number of aromatic nitrogens is 4. The Bertz CT molecular complexity index is 1070. The molecule has 0 unspecified atom stereocenters. The first-order valence-electron chi connectivity index (χ1n) is 9.40. The summed E-state index contributed by atoms with van der Waals surface area (Å²) in [6, 6.07) is 11.8. The molecule has 0 aliphatic carbocycles. The van der Waals surface area contributed by atoms with Crippen LogP contribution < -0.4 is 5.32 Å². The normalized spacial score (nSPS) is 10.9. The van der Waals surface area contributed by atoms with Crippen LogP contribution in [0.15, 0.2) is 58.7 Å². The Hall–Kier alpha value is -3.26. The first kappa shape index (κ1) is 19.1. The number of nitrogens with zero attached hydrogens (tertiary/aromatic N) is 4. The van der Waals surface area contributed by atoms with Crippen molar-refractivity contribution >= 4 is 22.9 Å². The SMILES string of the molecule is Cc1nccn1Cc1ccc(NC(=O)CCCc2nc(-c3cccs3)no2)cc1. The van der Waals surface area contributed by atoms with Crippen molar-refractivity contribution in [3.8, 4) is 10.7 Å². The molecule has 8 heteroatoms. The van der Waals surface area contributed by atoms with E-state index in [-0.39, 0.29) is 5.91 Å². The number of aryl methyl sites for hydroxylation is 2. The molecule has 4 aromatic rings. The van der Waals surface area contributed by atoms with E-state index in [9.17, 15) is 4.79 Å². The lowest BCUT2D eigenvalue weighted by Gasteiger charge is -2.08. The fraction of sp³-hybridized carbons (Fsp3) is 0.238. The molecule has 0 saturated carbocycles. The lowest BCUT2D eigenvalue weighted by Crippen LogP contribution is -2.11. The summed E-state index contributed by atoms with van der Waals surface area (Å²) in [6.07, 6.45) is 5.37. The van der Waals surface area contributed by atoms with Crippen molar-refractivity contribution in [1.29, 1.82) is 0 Å². The molecule has 1 N–H and O–H groups in total. The van der Waals surface area contributed by atoms with E-state index in [0.717, 1.165) is 28.5 Å². The molecule has 3 heterocycles. The quantitative estimate of drug-likeness (QED) is 0.470. The van der Waals surface area contributed by atoms with Gasteiger partial charge in [-0.1, -0.05) is 23.4 Å². The predicted molar refractivity (Wildman–Crippen MR) is 112 cm³/mol. The molecule has 0 saturated heterocycles. The summed E-state index contributed by atoms with van der Waals surface area (Å²) in [5, 5.41) is 8.89. The summed E-state index contributed by atoms with van der Waals surface area (Å²) in [7, 11) is 0. The number of nitrogens with one attached hydrogen (secondary N) is 1. The molecule has 0 aliphatic heterocycles. The Kier molecular flexibility index (Phi) is 5.81. The molecular weight excluding hydrogens is 386 g/mol. The minimum Gasteiger partial charge on any atom is -0.339 e. The van der Waals surface area contributed by atoms with Crippen LogP contribution in [0.4, 0.5) is 5.69 Å². The molecule has 0 aliphatic rings. The molecular formula is C21H21N5O2S. The van der Waals surface area contributed by atoms with E-state index in [2.05, 4.69) is 25.0 Å². The summed E-state index contributed by atoms with van der Waals surface area (Å²) in [5.74, 6) is 2.11. The summed E-state index contributed by atoms with van der Waals surface area (Å²) in [4.78, 5) is 21.8. The molecule has 148 valence electrons. The van der Waals surface area contributed by atoms with Gasteiger partial charge in [0.15, 0.2) is 0 Å². The molecule has 0 fully saturated rings. The maximum absolute atomic E-state index is 12.2. The zero-order valence-electron chi connectivity index (χ0n) is 16.0. The van der Waals surface area contributed by atoms with Crippen LogP contribution >= 0.6 is 11.3 Å². The molecule has 4 rings (SSSR count). The minimum absolute atomic E-state index is 0.0267. The van der Waals surface area contributed by atoms with E-state index in [1.165, 1.54) is 0 Å². The van der Waals surface area contributed by atoms with E-state index in [1.54, 1.807) is 17.5 Å². The van der Waals surface area contributed by atoms with Crippen LogP contribution in [0, 0.1) is 6.92 Å². The number of rotatable bonds is 8. The Morgan fingerprint density at radius 1 is 1.24 bits per heavy atom. The van der Waals surface area contributed by atoms with Gasteiger partial charge in [0.2, 0.25) is 17.6 Å². The third kappa shape index (κ3) is 4.97. The first-order valence-corrected chi connectivity index (χ1v) is 10.3. The largest absolute Gasteiger partial charge is 0.339 e. The van der Waals surface area contributed by atoms with Crippen LogP contribution in [-0.4, -0.2) is 25.6 Å². The number of hydrogen-bond acceptors (Lipinski definition) is 6. The van der Waals surface area contributed by atoms with Crippen molar-refractivity contribution in [2.24, 2.45) is 0 Å². The number of anilines is 1. The Morgan fingerprint density at radius 3 is 2.83 bits per heavy atom. The van der Waals surface area contributed by atoms with Gasteiger partial charge in [0, 0.05) is 37.5 Å². The number of imidazole rings is 1. The average molecular weight is 407 g/mol. The zero-order valence-corrected chi connectivity index (χ0v) is 16.9. The fourth-order valence-corrected chi connectivity index (χ4v) is 3.60. The van der Waals surface area contributed by atoms with Crippen molar-refractivity contribution in [3.05, 3.63) is 71.5 Å². The lowest BCUT2D eigenvalue weighted by molar-refractivity contribution is -0.116. The third-order valence-electron chi connectivity index (χ3n) is 4.52. The zero-order chi connectivity index (χ0) is 20.1. The maximum atomic E-state index is 12.2. The van der Waals surface area contributed by atoms with Gasteiger partial charge in [-0.3, -0.25) is 4.79 Å². The van der Waals surface area contributed by atoms with Crippen molar-refractivity contribution < 1.29 is 9.32 Å². The van der Waals surface area contributed by atoms with Gasteiger partial charge < -0.3 is 14.4 Å². The van der Waals surface area contributed by atoms with Crippen molar-refractivity contribution in [3.63, 3.8) is 0 Å². The molecule has 1 aromatic carbocycles. The van der Waals surface area contributed by atoms with Crippen molar-refractivity contribution in [1.82, 2.24) is 19.7 Å². The molecule has 3 aromatic heterocycles. The van der Waals surface area contributed by atoms with E-state index in [0.29, 0.717) is 31.0 Å². The highest BCUT2D eigenvalue weighted by atomic mass is 32.1. The number of carbonyl (C=O) groups excluding carboxylic acids is 1. The highest BCUT2D eigenvalue weighted by molar-refractivity contribution is 7.13. The second kappa shape index (κ2) is 8.83. The van der Waals surface area contributed by atoms with Crippen LogP contribution in [0.3, 0.4) is 0 Å². The van der Waals surface area contributed by atoms with Crippen molar-refractivity contribution in [2.45, 2.75) is 32.7 Å². The van der Waals surface area contributed by atoms with E-state index < -0.39 is 0 Å². The standard InChI is InChI=1S/C21H21N5O2S/c1-15-22-11-12-26(15)14-16-7-9-17(10-8-16)23-19(27)5-2-6-20-24-21(25-28-20)18-4-3-13-29-18/h3-4,7-13H,2,5-6,14H2,1H3,(H,23,27). The molecule has 1 amide bonds. The number of benzene rings is 1. The Labute approximate surface area is 172 Å². The second-order valence-electron chi connectivity index (χ2n) is 6.69. The van der Waals surface area contributed by atoms with E-state index >= 15 is 0 Å². The Balaban J connectivity index is 1.23. The first-order chi connectivity index (χ1) is 14.2. The highest BCUT2D eigenvalue weighted by Gasteiger charge is 2.10. The lowest BCUT2D eigenvalue weighted by atomic mass is 10.2. The summed E-state index contributed by atoms with van der Waals surface area (Å²) < 4.78 is 7.34. The maximum Gasteiger partial charge on any atom is 0.226 e. The summed E-state index contributed by atoms with van der Waals surface area (Å²) >= 11 is 1.57. The predicted octanol–water partition coefficient (Wildman–Crippen LogP) is 4.31. The van der Waals surface area contributed by atoms with E-state index in [4.69, 9.17) is 4.52 Å². The van der Waals surface area contributed by atoms with Crippen LogP contribution in [0.5, 0.6) is 0 Å². The smallest absolute Gasteiger partial charge is 0.226 e. The highest BCUT2D eigenvalue weighted by Crippen LogP contribution is 2.21.